The number of nitro benzene ring substituents is 1. The van der Waals surface area contributed by atoms with Crippen molar-refractivity contribution in [1.29, 1.82) is 0 Å². The number of thiol groups is 1. The summed E-state index contributed by atoms with van der Waals surface area (Å²) < 4.78 is 5.46. The summed E-state index contributed by atoms with van der Waals surface area (Å²) in [6.45, 7) is 4.28. The average molecular weight is 276 g/mol. The van der Waals surface area contributed by atoms with Crippen LogP contribution in [0.3, 0.4) is 0 Å². The Balaban J connectivity index is 2.89. The van der Waals surface area contributed by atoms with Gasteiger partial charge in [-0.25, -0.2) is 0 Å². The molecule has 0 aliphatic rings. The summed E-state index contributed by atoms with van der Waals surface area (Å²) in [4.78, 5) is 10.3. The molecule has 0 heterocycles. The van der Waals surface area contributed by atoms with E-state index in [1.54, 1.807) is 0 Å². The van der Waals surface area contributed by atoms with E-state index in [4.69, 9.17) is 16.3 Å². The third-order valence-electron chi connectivity index (χ3n) is 2.16. The fraction of sp³-hybridized carbons (Fsp3) is 0.455. The second-order valence-electron chi connectivity index (χ2n) is 4.48. The lowest BCUT2D eigenvalue weighted by molar-refractivity contribution is -0.385. The first-order chi connectivity index (χ1) is 7.85. The van der Waals surface area contributed by atoms with Crippen LogP contribution in [0, 0.1) is 15.5 Å². The third kappa shape index (κ3) is 4.09. The van der Waals surface area contributed by atoms with Crippen molar-refractivity contribution in [3.05, 3.63) is 33.3 Å². The summed E-state index contributed by atoms with van der Waals surface area (Å²) in [5, 5.41) is 11.2. The standard InChI is InChI=1S/C11H14ClNO3S/c1-11(2,7-17)6-16-10-5-8(12)3-4-9(10)13(14)15/h3-5,17H,6-7H2,1-2H3. The Labute approximate surface area is 110 Å². The first-order valence-electron chi connectivity index (χ1n) is 5.03. The van der Waals surface area contributed by atoms with E-state index in [9.17, 15) is 10.1 Å². The second-order valence-corrected chi connectivity index (χ2v) is 5.23. The van der Waals surface area contributed by atoms with Crippen LogP contribution in [0.1, 0.15) is 13.8 Å². The molecule has 17 heavy (non-hydrogen) atoms. The van der Waals surface area contributed by atoms with Crippen molar-refractivity contribution in [3.8, 4) is 5.75 Å². The van der Waals surface area contributed by atoms with Crippen molar-refractivity contribution >= 4 is 29.9 Å². The summed E-state index contributed by atoms with van der Waals surface area (Å²) >= 11 is 9.98. The van der Waals surface area contributed by atoms with Crippen molar-refractivity contribution < 1.29 is 9.66 Å². The van der Waals surface area contributed by atoms with Gasteiger partial charge in [-0.15, -0.1) is 0 Å². The smallest absolute Gasteiger partial charge is 0.311 e. The molecule has 0 radical (unpaired) electrons. The highest BCUT2D eigenvalue weighted by Crippen LogP contribution is 2.31. The molecule has 0 unspecified atom stereocenters. The molecule has 1 aromatic rings. The van der Waals surface area contributed by atoms with Crippen LogP contribution in [0.4, 0.5) is 5.69 Å². The molecule has 6 heteroatoms. The monoisotopic (exact) mass is 275 g/mol. The Kier molecular flexibility index (Phi) is 4.65. The fourth-order valence-corrected chi connectivity index (χ4v) is 1.33. The van der Waals surface area contributed by atoms with Crippen molar-refractivity contribution in [2.24, 2.45) is 5.41 Å². The number of nitrogens with zero attached hydrogens (tertiary/aromatic N) is 1. The van der Waals surface area contributed by atoms with Gasteiger partial charge in [0.05, 0.1) is 11.5 Å². The number of rotatable bonds is 5. The molecule has 0 N–H and O–H groups in total. The molecule has 0 saturated carbocycles. The number of nitro groups is 1. The maximum Gasteiger partial charge on any atom is 0.311 e. The van der Waals surface area contributed by atoms with Gasteiger partial charge in [-0.2, -0.15) is 12.6 Å². The molecule has 0 aliphatic heterocycles. The van der Waals surface area contributed by atoms with E-state index < -0.39 is 4.92 Å². The van der Waals surface area contributed by atoms with E-state index >= 15 is 0 Å². The Hall–Kier alpha value is -0.940. The first-order valence-corrected chi connectivity index (χ1v) is 6.04. The van der Waals surface area contributed by atoms with E-state index in [2.05, 4.69) is 12.6 Å². The molecular weight excluding hydrogens is 262 g/mol. The third-order valence-corrected chi connectivity index (χ3v) is 3.26. The zero-order valence-corrected chi connectivity index (χ0v) is 11.3. The summed E-state index contributed by atoms with van der Waals surface area (Å²) in [7, 11) is 0. The Bertz CT molecular complexity index is 423. The van der Waals surface area contributed by atoms with Crippen molar-refractivity contribution in [3.63, 3.8) is 0 Å². The van der Waals surface area contributed by atoms with Crippen LogP contribution >= 0.6 is 24.2 Å². The van der Waals surface area contributed by atoms with Crippen molar-refractivity contribution in [2.45, 2.75) is 13.8 Å². The van der Waals surface area contributed by atoms with Gasteiger partial charge in [-0.3, -0.25) is 10.1 Å². The summed E-state index contributed by atoms with van der Waals surface area (Å²) in [5.41, 5.74) is -0.233. The lowest BCUT2D eigenvalue weighted by atomic mass is 9.98. The number of halogens is 1. The Morgan fingerprint density at radius 3 is 2.71 bits per heavy atom. The molecule has 0 aliphatic carbocycles. The van der Waals surface area contributed by atoms with Crippen LogP contribution in [0.5, 0.6) is 5.75 Å². The molecule has 1 rings (SSSR count). The average Bonchev–Trinajstić information content (AvgIpc) is 2.26. The highest BCUT2D eigenvalue weighted by Gasteiger charge is 2.21. The predicted octanol–water partition coefficient (Wildman–Crippen LogP) is 3.58. The molecule has 0 spiro atoms. The number of hydrogen-bond acceptors (Lipinski definition) is 4. The molecule has 0 amide bonds. The van der Waals surface area contributed by atoms with Crippen LogP contribution in [-0.4, -0.2) is 17.3 Å². The first kappa shape index (κ1) is 14.1. The molecular formula is C11H14ClNO3S. The number of benzene rings is 1. The predicted molar refractivity (Wildman–Crippen MR) is 71.2 cm³/mol. The Morgan fingerprint density at radius 1 is 1.53 bits per heavy atom. The van der Waals surface area contributed by atoms with Gasteiger partial charge in [-0.05, 0) is 11.8 Å². The molecule has 0 bridgehead atoms. The van der Waals surface area contributed by atoms with E-state index in [0.717, 1.165) is 0 Å². The summed E-state index contributed by atoms with van der Waals surface area (Å²) in [5.74, 6) is 0.818. The van der Waals surface area contributed by atoms with Crippen LogP contribution in [0.15, 0.2) is 18.2 Å². The Morgan fingerprint density at radius 2 is 2.18 bits per heavy atom. The van der Waals surface area contributed by atoms with Gasteiger partial charge in [0.1, 0.15) is 0 Å². The second kappa shape index (κ2) is 5.60. The van der Waals surface area contributed by atoms with Gasteiger partial charge < -0.3 is 4.74 Å². The molecule has 0 saturated heterocycles. The molecule has 4 nitrogen and oxygen atoms in total. The van der Waals surface area contributed by atoms with Gasteiger partial charge >= 0.3 is 5.69 Å². The highest BCUT2D eigenvalue weighted by atomic mass is 35.5. The normalized spacial score (nSPS) is 11.3. The molecule has 0 atom stereocenters. The maximum atomic E-state index is 10.8. The van der Waals surface area contributed by atoms with Gasteiger partial charge in [0.25, 0.3) is 0 Å². The zero-order valence-electron chi connectivity index (χ0n) is 9.64. The minimum atomic E-state index is -0.487. The molecule has 0 aromatic heterocycles. The topological polar surface area (TPSA) is 52.4 Å². The molecule has 1 aromatic carbocycles. The summed E-state index contributed by atoms with van der Waals surface area (Å²) in [6.07, 6.45) is 0. The quantitative estimate of drug-likeness (QED) is 0.508. The lowest BCUT2D eigenvalue weighted by Gasteiger charge is -2.22. The minimum Gasteiger partial charge on any atom is -0.486 e. The lowest BCUT2D eigenvalue weighted by Crippen LogP contribution is -2.23. The van der Waals surface area contributed by atoms with E-state index in [1.807, 2.05) is 13.8 Å². The largest absolute Gasteiger partial charge is 0.486 e. The van der Waals surface area contributed by atoms with Crippen molar-refractivity contribution in [2.75, 3.05) is 12.4 Å². The van der Waals surface area contributed by atoms with E-state index in [1.165, 1.54) is 18.2 Å². The molecule has 94 valence electrons. The van der Waals surface area contributed by atoms with E-state index in [0.29, 0.717) is 17.4 Å². The van der Waals surface area contributed by atoms with Gasteiger partial charge in [-0.1, -0.05) is 25.4 Å². The van der Waals surface area contributed by atoms with Crippen LogP contribution in [0.25, 0.3) is 0 Å². The van der Waals surface area contributed by atoms with Crippen LogP contribution < -0.4 is 4.74 Å². The maximum absolute atomic E-state index is 10.8. The number of ether oxygens (including phenoxy) is 1. The number of hydrogen-bond donors (Lipinski definition) is 1. The van der Waals surface area contributed by atoms with Gasteiger partial charge in [0, 0.05) is 22.6 Å². The zero-order chi connectivity index (χ0) is 13.1. The van der Waals surface area contributed by atoms with Gasteiger partial charge in [0.2, 0.25) is 0 Å². The van der Waals surface area contributed by atoms with E-state index in [-0.39, 0.29) is 16.9 Å². The van der Waals surface area contributed by atoms with Gasteiger partial charge in [0.15, 0.2) is 5.75 Å². The SMILES string of the molecule is CC(C)(CS)COc1cc(Cl)ccc1[N+](=O)[O-]. The fourth-order valence-electron chi connectivity index (χ4n) is 1.07. The summed E-state index contributed by atoms with van der Waals surface area (Å²) in [6, 6.07) is 4.26. The van der Waals surface area contributed by atoms with Crippen molar-refractivity contribution in [1.82, 2.24) is 0 Å². The molecule has 0 fully saturated rings. The van der Waals surface area contributed by atoms with Crippen LogP contribution in [0.2, 0.25) is 5.02 Å². The van der Waals surface area contributed by atoms with Crippen LogP contribution in [-0.2, 0) is 0 Å². The minimum absolute atomic E-state index is 0.0793. The highest BCUT2D eigenvalue weighted by molar-refractivity contribution is 7.80.